The number of aromatic nitrogens is 3. The lowest BCUT2D eigenvalue weighted by molar-refractivity contribution is -0.139. The van der Waals surface area contributed by atoms with Crippen molar-refractivity contribution in [2.75, 3.05) is 13.7 Å². The maximum atomic E-state index is 12.3. The van der Waals surface area contributed by atoms with E-state index in [1.165, 1.54) is 17.8 Å². The van der Waals surface area contributed by atoms with E-state index in [9.17, 15) is 9.59 Å². The zero-order chi connectivity index (χ0) is 15.5. The molecule has 2 aromatic rings. The van der Waals surface area contributed by atoms with E-state index in [2.05, 4.69) is 15.4 Å². The fraction of sp³-hybridized carbons (Fsp3) is 0.385. The van der Waals surface area contributed by atoms with Crippen LogP contribution in [0.25, 0.3) is 5.65 Å². The molecule has 1 amide bonds. The van der Waals surface area contributed by atoms with Gasteiger partial charge in [-0.1, -0.05) is 0 Å². The third-order valence-corrected chi connectivity index (χ3v) is 2.94. The van der Waals surface area contributed by atoms with Crippen LogP contribution in [0.2, 0.25) is 0 Å². The van der Waals surface area contributed by atoms with Gasteiger partial charge in [-0.3, -0.25) is 9.59 Å². The van der Waals surface area contributed by atoms with Gasteiger partial charge in [-0.05, 0) is 13.0 Å². The molecule has 0 aliphatic heterocycles. The summed E-state index contributed by atoms with van der Waals surface area (Å²) in [6.07, 6.45) is 4.37. The Morgan fingerprint density at radius 3 is 2.95 bits per heavy atom. The number of hydrogen-bond acceptors (Lipinski definition) is 5. The Bertz CT molecular complexity index is 669. The summed E-state index contributed by atoms with van der Waals surface area (Å²) in [5.74, 6) is -1.46. The van der Waals surface area contributed by atoms with Crippen LogP contribution in [-0.2, 0) is 9.53 Å². The lowest BCUT2D eigenvalue weighted by atomic mass is 9.98. The number of carbonyl (C=O) groups is 2. The number of rotatable bonds is 6. The van der Waals surface area contributed by atoms with Gasteiger partial charge in [0.1, 0.15) is 5.56 Å². The number of amides is 1. The van der Waals surface area contributed by atoms with E-state index < -0.39 is 17.4 Å². The van der Waals surface area contributed by atoms with Crippen molar-refractivity contribution in [1.82, 2.24) is 19.9 Å². The lowest BCUT2D eigenvalue weighted by Crippen LogP contribution is -2.50. The van der Waals surface area contributed by atoms with E-state index in [1.807, 2.05) is 0 Å². The van der Waals surface area contributed by atoms with Crippen molar-refractivity contribution in [2.24, 2.45) is 0 Å². The third-order valence-electron chi connectivity index (χ3n) is 2.94. The van der Waals surface area contributed by atoms with Crippen LogP contribution in [0.4, 0.5) is 0 Å². The molecule has 0 saturated heterocycles. The average molecular weight is 292 g/mol. The van der Waals surface area contributed by atoms with Gasteiger partial charge in [-0.2, -0.15) is 5.10 Å². The van der Waals surface area contributed by atoms with Crippen molar-refractivity contribution in [2.45, 2.75) is 18.9 Å². The first kappa shape index (κ1) is 14.9. The maximum absolute atomic E-state index is 12.3. The Labute approximate surface area is 120 Å². The summed E-state index contributed by atoms with van der Waals surface area (Å²) in [4.78, 5) is 27.4. The molecule has 0 aliphatic carbocycles. The van der Waals surface area contributed by atoms with Crippen molar-refractivity contribution >= 4 is 17.5 Å². The smallest absolute Gasteiger partial charge is 0.305 e. The molecule has 2 heterocycles. The molecule has 8 heteroatoms. The fourth-order valence-electron chi connectivity index (χ4n) is 2.11. The summed E-state index contributed by atoms with van der Waals surface area (Å²) >= 11 is 0. The van der Waals surface area contributed by atoms with Crippen molar-refractivity contribution in [3.8, 4) is 0 Å². The number of nitrogens with zero attached hydrogens (tertiary/aromatic N) is 3. The molecule has 0 saturated carbocycles. The molecule has 0 fully saturated rings. The molecule has 112 valence electrons. The quantitative estimate of drug-likeness (QED) is 0.795. The number of methoxy groups -OCH3 is 1. The summed E-state index contributed by atoms with van der Waals surface area (Å²) < 4.78 is 6.47. The van der Waals surface area contributed by atoms with Crippen molar-refractivity contribution < 1.29 is 19.4 Å². The zero-order valence-corrected chi connectivity index (χ0v) is 11.7. The van der Waals surface area contributed by atoms with Gasteiger partial charge < -0.3 is 15.2 Å². The predicted molar refractivity (Wildman–Crippen MR) is 73.0 cm³/mol. The second kappa shape index (κ2) is 5.88. The van der Waals surface area contributed by atoms with Crippen LogP contribution >= 0.6 is 0 Å². The van der Waals surface area contributed by atoms with Crippen molar-refractivity contribution in [3.05, 3.63) is 30.2 Å². The van der Waals surface area contributed by atoms with Gasteiger partial charge in [-0.15, -0.1) is 0 Å². The number of hydrogen-bond donors (Lipinski definition) is 2. The van der Waals surface area contributed by atoms with E-state index in [-0.39, 0.29) is 18.6 Å². The fourth-order valence-corrected chi connectivity index (χ4v) is 2.11. The molecule has 0 spiro atoms. The minimum absolute atomic E-state index is 0.0810. The molecule has 1 unspecified atom stereocenters. The van der Waals surface area contributed by atoms with E-state index >= 15 is 0 Å². The molecule has 2 aromatic heterocycles. The minimum atomic E-state index is -1.02. The van der Waals surface area contributed by atoms with Crippen molar-refractivity contribution in [3.63, 3.8) is 0 Å². The third kappa shape index (κ3) is 3.34. The molecule has 2 N–H and O–H groups in total. The average Bonchev–Trinajstić information content (AvgIpc) is 2.81. The Hall–Kier alpha value is -2.48. The summed E-state index contributed by atoms with van der Waals surface area (Å²) in [7, 11) is 1.45. The van der Waals surface area contributed by atoms with Crippen LogP contribution < -0.4 is 5.32 Å². The number of fused-ring (bicyclic) bond motifs is 1. The predicted octanol–water partition coefficient (Wildman–Crippen LogP) is 0.339. The number of aliphatic carboxylic acids is 1. The number of nitrogens with one attached hydrogen (secondary N) is 1. The highest BCUT2D eigenvalue weighted by atomic mass is 16.5. The Balaban J connectivity index is 2.24. The van der Waals surface area contributed by atoms with Crippen LogP contribution in [0, 0.1) is 0 Å². The molecule has 21 heavy (non-hydrogen) atoms. The van der Waals surface area contributed by atoms with E-state index in [0.717, 1.165) is 0 Å². The van der Waals surface area contributed by atoms with E-state index in [0.29, 0.717) is 5.65 Å². The standard InChI is InChI=1S/C13H16N4O4/c1-13(8-21-2,6-10(18)19)16-12(20)9-7-15-17-5-3-4-14-11(9)17/h3-5,7H,6,8H2,1-2H3,(H,16,20)(H,18,19). The highest BCUT2D eigenvalue weighted by Crippen LogP contribution is 2.14. The molecule has 0 aromatic carbocycles. The SMILES string of the molecule is COCC(C)(CC(=O)O)NC(=O)c1cnn2cccnc12. The molecule has 2 rings (SSSR count). The van der Waals surface area contributed by atoms with Crippen LogP contribution in [0.3, 0.4) is 0 Å². The van der Waals surface area contributed by atoms with Crippen LogP contribution in [0.15, 0.2) is 24.7 Å². The highest BCUT2D eigenvalue weighted by molar-refractivity contribution is 6.00. The van der Waals surface area contributed by atoms with Gasteiger partial charge in [0, 0.05) is 19.5 Å². The van der Waals surface area contributed by atoms with Crippen LogP contribution in [0.5, 0.6) is 0 Å². The first-order valence-corrected chi connectivity index (χ1v) is 6.27. The number of carbonyl (C=O) groups excluding carboxylic acids is 1. The van der Waals surface area contributed by atoms with Gasteiger partial charge in [0.05, 0.1) is 24.8 Å². The monoisotopic (exact) mass is 292 g/mol. The molecular formula is C13H16N4O4. The first-order chi connectivity index (χ1) is 9.95. The first-order valence-electron chi connectivity index (χ1n) is 6.27. The highest BCUT2D eigenvalue weighted by Gasteiger charge is 2.31. The lowest BCUT2D eigenvalue weighted by Gasteiger charge is -2.28. The number of carboxylic acid groups (broad SMARTS) is 1. The van der Waals surface area contributed by atoms with Crippen LogP contribution in [-0.4, -0.2) is 50.8 Å². The van der Waals surface area contributed by atoms with Gasteiger partial charge in [0.2, 0.25) is 0 Å². The summed E-state index contributed by atoms with van der Waals surface area (Å²) in [6, 6.07) is 1.70. The van der Waals surface area contributed by atoms with E-state index in [4.69, 9.17) is 9.84 Å². The van der Waals surface area contributed by atoms with Gasteiger partial charge >= 0.3 is 5.97 Å². The zero-order valence-electron chi connectivity index (χ0n) is 11.7. The van der Waals surface area contributed by atoms with Gasteiger partial charge in [0.15, 0.2) is 5.65 Å². The maximum Gasteiger partial charge on any atom is 0.305 e. The molecule has 1 atom stereocenters. The van der Waals surface area contributed by atoms with Crippen LogP contribution in [0.1, 0.15) is 23.7 Å². The Morgan fingerprint density at radius 2 is 2.29 bits per heavy atom. The van der Waals surface area contributed by atoms with E-state index in [1.54, 1.807) is 25.4 Å². The largest absolute Gasteiger partial charge is 0.481 e. The molecular weight excluding hydrogens is 276 g/mol. The van der Waals surface area contributed by atoms with Gasteiger partial charge in [-0.25, -0.2) is 9.50 Å². The normalized spacial score (nSPS) is 13.8. The second-order valence-electron chi connectivity index (χ2n) is 4.96. The van der Waals surface area contributed by atoms with Gasteiger partial charge in [0.25, 0.3) is 5.91 Å². The van der Waals surface area contributed by atoms with Crippen molar-refractivity contribution in [1.29, 1.82) is 0 Å². The molecule has 0 aliphatic rings. The number of carboxylic acids is 1. The topological polar surface area (TPSA) is 106 Å². The summed E-state index contributed by atoms with van der Waals surface area (Å²) in [5.41, 5.74) is -0.325. The minimum Gasteiger partial charge on any atom is -0.481 e. The molecule has 0 bridgehead atoms. The molecule has 0 radical (unpaired) electrons. The summed E-state index contributed by atoms with van der Waals surface area (Å²) in [6.45, 7) is 1.69. The summed E-state index contributed by atoms with van der Waals surface area (Å²) in [5, 5.41) is 15.7. The molecule has 8 nitrogen and oxygen atoms in total. The number of ether oxygens (including phenoxy) is 1. The second-order valence-corrected chi connectivity index (χ2v) is 4.96. The Kier molecular flexibility index (Phi) is 4.18. The Morgan fingerprint density at radius 1 is 1.52 bits per heavy atom.